The lowest BCUT2D eigenvalue weighted by molar-refractivity contribution is -0.122. The number of rotatable bonds is 6. The second kappa shape index (κ2) is 6.95. The van der Waals surface area contributed by atoms with E-state index in [0.717, 1.165) is 44.6 Å². The molecule has 24 heavy (non-hydrogen) atoms. The van der Waals surface area contributed by atoms with Crippen LogP contribution in [-0.4, -0.2) is 48.1 Å². The third-order valence-electron chi connectivity index (χ3n) is 5.10. The summed E-state index contributed by atoms with van der Waals surface area (Å²) < 4.78 is 2.24. The van der Waals surface area contributed by atoms with Crippen LogP contribution in [0.5, 0.6) is 0 Å². The Morgan fingerprint density at radius 2 is 2.21 bits per heavy atom. The van der Waals surface area contributed by atoms with Crippen molar-refractivity contribution in [1.29, 1.82) is 0 Å². The first-order valence-corrected chi connectivity index (χ1v) is 8.84. The lowest BCUT2D eigenvalue weighted by Gasteiger charge is -2.26. The minimum absolute atomic E-state index is 0.0910. The van der Waals surface area contributed by atoms with Gasteiger partial charge in [-0.25, -0.2) is 0 Å². The van der Waals surface area contributed by atoms with Crippen molar-refractivity contribution in [1.82, 2.24) is 14.8 Å². The predicted octanol–water partition coefficient (Wildman–Crippen LogP) is 2.67. The van der Waals surface area contributed by atoms with Crippen molar-refractivity contribution in [2.75, 3.05) is 32.5 Å². The highest BCUT2D eigenvalue weighted by Gasteiger charge is 2.39. The van der Waals surface area contributed by atoms with Gasteiger partial charge in [-0.05, 0) is 63.5 Å². The molecular weight excluding hydrogens is 300 g/mol. The quantitative estimate of drug-likeness (QED) is 0.857. The van der Waals surface area contributed by atoms with Crippen molar-refractivity contribution < 1.29 is 4.79 Å². The number of hydrogen-bond donors (Lipinski definition) is 2. The third-order valence-corrected chi connectivity index (χ3v) is 5.10. The average molecular weight is 328 g/mol. The van der Waals surface area contributed by atoms with Crippen LogP contribution in [0.3, 0.4) is 0 Å². The molecule has 1 saturated heterocycles. The number of nitrogens with one attached hydrogen (secondary N) is 2. The van der Waals surface area contributed by atoms with Gasteiger partial charge in [-0.3, -0.25) is 4.79 Å². The highest BCUT2D eigenvalue weighted by Crippen LogP contribution is 2.26. The maximum absolute atomic E-state index is 12.8. The summed E-state index contributed by atoms with van der Waals surface area (Å²) in [6.07, 6.45) is 4.91. The van der Waals surface area contributed by atoms with Gasteiger partial charge in [0.15, 0.2) is 0 Å². The normalized spacial score (nSPS) is 20.8. The smallest absolute Gasteiger partial charge is 0.244 e. The molecule has 5 heteroatoms. The number of carbonyl (C=O) groups is 1. The van der Waals surface area contributed by atoms with E-state index in [9.17, 15) is 4.79 Å². The van der Waals surface area contributed by atoms with Crippen LogP contribution in [0.1, 0.15) is 26.2 Å². The van der Waals surface area contributed by atoms with Crippen LogP contribution in [0.15, 0.2) is 30.5 Å². The van der Waals surface area contributed by atoms with Crippen molar-refractivity contribution in [3.63, 3.8) is 0 Å². The number of benzene rings is 1. The molecule has 3 rings (SSSR count). The van der Waals surface area contributed by atoms with Gasteiger partial charge in [-0.1, -0.05) is 13.0 Å². The Balaban J connectivity index is 1.79. The van der Waals surface area contributed by atoms with Gasteiger partial charge in [0.25, 0.3) is 0 Å². The number of anilines is 1. The largest absolute Gasteiger partial charge is 0.346 e. The van der Waals surface area contributed by atoms with Crippen molar-refractivity contribution in [2.45, 2.75) is 38.3 Å². The molecule has 0 spiro atoms. The Morgan fingerprint density at radius 3 is 2.88 bits per heavy atom. The summed E-state index contributed by atoms with van der Waals surface area (Å²) in [5, 5.41) is 7.72. The Kier molecular flexibility index (Phi) is 4.92. The Labute approximate surface area is 144 Å². The summed E-state index contributed by atoms with van der Waals surface area (Å²) in [7, 11) is 4.16. The van der Waals surface area contributed by atoms with Crippen LogP contribution in [0.25, 0.3) is 10.9 Å². The average Bonchev–Trinajstić information content (AvgIpc) is 3.20. The van der Waals surface area contributed by atoms with E-state index < -0.39 is 5.54 Å². The molecule has 1 aliphatic heterocycles. The molecule has 1 unspecified atom stereocenters. The molecule has 5 nitrogen and oxygen atoms in total. The minimum Gasteiger partial charge on any atom is -0.346 e. The molecule has 1 aliphatic rings. The van der Waals surface area contributed by atoms with Gasteiger partial charge in [0.1, 0.15) is 0 Å². The molecule has 2 aromatic rings. The maximum Gasteiger partial charge on any atom is 0.244 e. The van der Waals surface area contributed by atoms with E-state index in [1.165, 1.54) is 10.9 Å². The first-order valence-electron chi connectivity index (χ1n) is 8.84. The molecule has 1 aromatic carbocycles. The Bertz CT molecular complexity index is 713. The van der Waals surface area contributed by atoms with E-state index in [1.807, 2.05) is 6.07 Å². The predicted molar refractivity (Wildman–Crippen MR) is 99.4 cm³/mol. The van der Waals surface area contributed by atoms with Gasteiger partial charge in [0.2, 0.25) is 5.91 Å². The zero-order valence-electron chi connectivity index (χ0n) is 14.9. The second-order valence-electron chi connectivity index (χ2n) is 7.01. The lowest BCUT2D eigenvalue weighted by atomic mass is 9.93. The topological polar surface area (TPSA) is 49.3 Å². The molecular formula is C19H28N4O. The zero-order chi connectivity index (χ0) is 17.2. The summed E-state index contributed by atoms with van der Waals surface area (Å²) >= 11 is 0. The molecule has 0 aliphatic carbocycles. The molecule has 2 heterocycles. The molecule has 1 aromatic heterocycles. The van der Waals surface area contributed by atoms with Crippen LogP contribution in [-0.2, 0) is 11.3 Å². The number of aromatic nitrogens is 1. The zero-order valence-corrected chi connectivity index (χ0v) is 14.9. The van der Waals surface area contributed by atoms with E-state index >= 15 is 0 Å². The fourth-order valence-electron chi connectivity index (χ4n) is 3.48. The molecule has 0 radical (unpaired) electrons. The fraction of sp³-hybridized carbons (Fsp3) is 0.526. The molecule has 130 valence electrons. The van der Waals surface area contributed by atoms with Gasteiger partial charge in [-0.15, -0.1) is 0 Å². The molecule has 2 N–H and O–H groups in total. The van der Waals surface area contributed by atoms with Crippen LogP contribution in [0, 0.1) is 0 Å². The lowest BCUT2D eigenvalue weighted by Crippen LogP contribution is -2.50. The molecule has 0 saturated carbocycles. The van der Waals surface area contributed by atoms with Gasteiger partial charge in [0.05, 0.1) is 11.1 Å². The standard InChI is InChI=1S/C19H28N4O/c1-4-19(9-5-10-20-19)18(24)21-16-7-6-15-8-11-23(17(15)14-16)13-12-22(2)3/h6-8,11,14,20H,4-5,9-10,12-13H2,1-3H3,(H,21,24). The van der Waals surface area contributed by atoms with Gasteiger partial charge >= 0.3 is 0 Å². The summed E-state index contributed by atoms with van der Waals surface area (Å²) in [5.74, 6) is 0.0910. The van der Waals surface area contributed by atoms with E-state index in [2.05, 4.69) is 65.5 Å². The first-order chi connectivity index (χ1) is 11.5. The van der Waals surface area contributed by atoms with Crippen molar-refractivity contribution >= 4 is 22.5 Å². The molecule has 0 bridgehead atoms. The molecule has 1 fully saturated rings. The third kappa shape index (κ3) is 3.32. The van der Waals surface area contributed by atoms with Crippen molar-refractivity contribution in [3.05, 3.63) is 30.5 Å². The SMILES string of the molecule is CCC1(C(=O)Nc2ccc3ccn(CCN(C)C)c3c2)CCCN1. The number of amides is 1. The van der Waals surface area contributed by atoms with Gasteiger partial charge in [0, 0.05) is 25.0 Å². The summed E-state index contributed by atoms with van der Waals surface area (Å²) in [5.41, 5.74) is 1.64. The monoisotopic (exact) mass is 328 g/mol. The first kappa shape index (κ1) is 17.0. The van der Waals surface area contributed by atoms with E-state index in [1.54, 1.807) is 0 Å². The van der Waals surface area contributed by atoms with Crippen molar-refractivity contribution in [3.8, 4) is 0 Å². The van der Waals surface area contributed by atoms with Crippen LogP contribution in [0.2, 0.25) is 0 Å². The number of fused-ring (bicyclic) bond motifs is 1. The highest BCUT2D eigenvalue weighted by molar-refractivity contribution is 5.99. The number of likely N-dealkylation sites (N-methyl/N-ethyl adjacent to an activating group) is 1. The number of carbonyl (C=O) groups excluding carboxylic acids is 1. The highest BCUT2D eigenvalue weighted by atomic mass is 16.2. The van der Waals surface area contributed by atoms with Crippen molar-refractivity contribution in [2.24, 2.45) is 0 Å². The summed E-state index contributed by atoms with van der Waals surface area (Å²) in [4.78, 5) is 14.9. The fourth-order valence-corrected chi connectivity index (χ4v) is 3.48. The summed E-state index contributed by atoms with van der Waals surface area (Å²) in [6, 6.07) is 8.29. The number of hydrogen-bond acceptors (Lipinski definition) is 3. The van der Waals surface area contributed by atoms with Crippen LogP contribution < -0.4 is 10.6 Å². The van der Waals surface area contributed by atoms with E-state index in [-0.39, 0.29) is 5.91 Å². The number of nitrogens with zero attached hydrogens (tertiary/aromatic N) is 2. The van der Waals surface area contributed by atoms with Crippen LogP contribution in [0.4, 0.5) is 5.69 Å². The molecule has 1 amide bonds. The second-order valence-corrected chi connectivity index (χ2v) is 7.01. The van der Waals surface area contributed by atoms with Crippen LogP contribution >= 0.6 is 0 Å². The van der Waals surface area contributed by atoms with E-state index in [4.69, 9.17) is 0 Å². The van der Waals surface area contributed by atoms with E-state index in [0.29, 0.717) is 0 Å². The van der Waals surface area contributed by atoms with Gasteiger partial charge < -0.3 is 20.1 Å². The molecule has 1 atom stereocenters. The minimum atomic E-state index is -0.401. The Hall–Kier alpha value is -1.85. The van der Waals surface area contributed by atoms with Gasteiger partial charge in [-0.2, -0.15) is 0 Å². The summed E-state index contributed by atoms with van der Waals surface area (Å²) in [6.45, 7) is 4.93. The Morgan fingerprint density at radius 1 is 1.38 bits per heavy atom. The maximum atomic E-state index is 12.8.